The summed E-state index contributed by atoms with van der Waals surface area (Å²) in [5.41, 5.74) is 2.71. The van der Waals surface area contributed by atoms with Crippen LogP contribution in [0.4, 0.5) is 0 Å². The molecule has 5 nitrogen and oxygen atoms in total. The average Bonchev–Trinajstić information content (AvgIpc) is 3.01. The predicted molar refractivity (Wildman–Crippen MR) is 85.1 cm³/mol. The standard InChI is InChI=1S/C18H13NO4/c1-10-2-3-11-5-14-13-6-16-17(23-9-22-16)7-15(13)21-8-19(14)18(20)12(11)4-10/h2-7H,8-9H2,1H3. The lowest BCUT2D eigenvalue weighted by molar-refractivity contribution is 0.173. The molecule has 0 amide bonds. The maximum atomic E-state index is 12.8. The minimum atomic E-state index is -0.0375. The van der Waals surface area contributed by atoms with Crippen molar-refractivity contribution in [2.75, 3.05) is 6.79 Å². The van der Waals surface area contributed by atoms with E-state index in [9.17, 15) is 4.79 Å². The molecule has 0 spiro atoms. The number of fused-ring (bicyclic) bond motifs is 5. The molecule has 0 radical (unpaired) electrons. The van der Waals surface area contributed by atoms with Crippen LogP contribution in [0, 0.1) is 6.92 Å². The van der Waals surface area contributed by atoms with Crippen LogP contribution in [0.1, 0.15) is 5.56 Å². The highest BCUT2D eigenvalue weighted by Crippen LogP contribution is 2.44. The molecule has 5 rings (SSSR count). The van der Waals surface area contributed by atoms with Crippen LogP contribution >= 0.6 is 0 Å². The zero-order valence-corrected chi connectivity index (χ0v) is 12.5. The molecule has 3 aromatic rings. The highest BCUT2D eigenvalue weighted by atomic mass is 16.7. The van der Waals surface area contributed by atoms with Crippen LogP contribution in [-0.2, 0) is 6.73 Å². The third kappa shape index (κ3) is 1.70. The van der Waals surface area contributed by atoms with E-state index in [-0.39, 0.29) is 19.1 Å². The largest absolute Gasteiger partial charge is 0.472 e. The Kier molecular flexibility index (Phi) is 2.34. The predicted octanol–water partition coefficient (Wildman–Crippen LogP) is 3.06. The van der Waals surface area contributed by atoms with Crippen molar-refractivity contribution in [2.24, 2.45) is 0 Å². The fourth-order valence-electron chi connectivity index (χ4n) is 3.19. The molecular weight excluding hydrogens is 294 g/mol. The summed E-state index contributed by atoms with van der Waals surface area (Å²) < 4.78 is 18.3. The number of ether oxygens (including phenoxy) is 3. The summed E-state index contributed by atoms with van der Waals surface area (Å²) in [5, 5.41) is 1.64. The van der Waals surface area contributed by atoms with E-state index < -0.39 is 0 Å². The monoisotopic (exact) mass is 307 g/mol. The van der Waals surface area contributed by atoms with Gasteiger partial charge in [0.25, 0.3) is 5.56 Å². The first-order valence-electron chi connectivity index (χ1n) is 7.42. The Morgan fingerprint density at radius 3 is 2.65 bits per heavy atom. The number of hydrogen-bond acceptors (Lipinski definition) is 4. The Hall–Kier alpha value is -2.95. The highest BCUT2D eigenvalue weighted by Gasteiger charge is 2.24. The van der Waals surface area contributed by atoms with Gasteiger partial charge in [-0.15, -0.1) is 0 Å². The van der Waals surface area contributed by atoms with Gasteiger partial charge in [-0.1, -0.05) is 17.7 Å². The molecule has 0 N–H and O–H groups in total. The maximum absolute atomic E-state index is 12.8. The summed E-state index contributed by atoms with van der Waals surface area (Å²) in [5.74, 6) is 2.06. The Balaban J connectivity index is 1.84. The molecule has 3 heterocycles. The number of hydrogen-bond donors (Lipinski definition) is 0. The molecule has 114 valence electrons. The van der Waals surface area contributed by atoms with E-state index in [4.69, 9.17) is 14.2 Å². The normalized spacial score (nSPS) is 14.3. The van der Waals surface area contributed by atoms with Gasteiger partial charge >= 0.3 is 0 Å². The highest BCUT2D eigenvalue weighted by molar-refractivity contribution is 5.87. The van der Waals surface area contributed by atoms with E-state index in [2.05, 4.69) is 0 Å². The van der Waals surface area contributed by atoms with Crippen molar-refractivity contribution in [1.29, 1.82) is 0 Å². The quantitative estimate of drug-likeness (QED) is 0.640. The fourth-order valence-corrected chi connectivity index (χ4v) is 3.19. The Morgan fingerprint density at radius 2 is 1.78 bits per heavy atom. The molecule has 0 saturated heterocycles. The van der Waals surface area contributed by atoms with Crippen molar-refractivity contribution in [1.82, 2.24) is 4.57 Å². The van der Waals surface area contributed by atoms with Gasteiger partial charge in [0.15, 0.2) is 18.2 Å². The molecule has 0 fully saturated rings. The van der Waals surface area contributed by atoms with Gasteiger partial charge in [-0.05, 0) is 30.5 Å². The molecule has 0 atom stereocenters. The number of pyridine rings is 1. The molecule has 2 aliphatic heterocycles. The molecule has 23 heavy (non-hydrogen) atoms. The molecule has 0 aliphatic carbocycles. The van der Waals surface area contributed by atoms with Crippen LogP contribution in [0.25, 0.3) is 22.0 Å². The van der Waals surface area contributed by atoms with E-state index in [1.165, 1.54) is 0 Å². The first-order valence-corrected chi connectivity index (χ1v) is 7.42. The van der Waals surface area contributed by atoms with Crippen LogP contribution in [0.2, 0.25) is 0 Å². The summed E-state index contributed by atoms with van der Waals surface area (Å²) in [4.78, 5) is 12.8. The summed E-state index contributed by atoms with van der Waals surface area (Å²) in [6, 6.07) is 11.6. The van der Waals surface area contributed by atoms with Crippen molar-refractivity contribution in [3.8, 4) is 28.5 Å². The number of aromatic nitrogens is 1. The van der Waals surface area contributed by atoms with Gasteiger partial charge in [0.1, 0.15) is 5.75 Å². The van der Waals surface area contributed by atoms with Crippen molar-refractivity contribution in [3.05, 3.63) is 52.3 Å². The van der Waals surface area contributed by atoms with Gasteiger partial charge in [-0.3, -0.25) is 9.36 Å². The van der Waals surface area contributed by atoms with Crippen molar-refractivity contribution >= 4 is 10.8 Å². The number of benzene rings is 2. The smallest absolute Gasteiger partial charge is 0.261 e. The first kappa shape index (κ1) is 12.6. The van der Waals surface area contributed by atoms with Crippen LogP contribution < -0.4 is 19.8 Å². The summed E-state index contributed by atoms with van der Waals surface area (Å²) in [6.45, 7) is 2.39. The Morgan fingerprint density at radius 1 is 0.957 bits per heavy atom. The second kappa shape index (κ2) is 4.29. The summed E-state index contributed by atoms with van der Waals surface area (Å²) in [7, 11) is 0. The van der Waals surface area contributed by atoms with Gasteiger partial charge in [0.2, 0.25) is 6.79 Å². The van der Waals surface area contributed by atoms with Gasteiger partial charge < -0.3 is 14.2 Å². The molecule has 1 aromatic heterocycles. The van der Waals surface area contributed by atoms with E-state index in [1.54, 1.807) is 4.57 Å². The average molecular weight is 307 g/mol. The number of rotatable bonds is 0. The molecule has 0 saturated carbocycles. The third-order valence-corrected chi connectivity index (χ3v) is 4.37. The molecule has 2 aromatic carbocycles. The van der Waals surface area contributed by atoms with Crippen LogP contribution in [-0.4, -0.2) is 11.4 Å². The topological polar surface area (TPSA) is 49.7 Å². The molecule has 0 bridgehead atoms. The van der Waals surface area contributed by atoms with Crippen molar-refractivity contribution < 1.29 is 14.2 Å². The first-order chi connectivity index (χ1) is 11.2. The minimum Gasteiger partial charge on any atom is -0.472 e. The van der Waals surface area contributed by atoms with Crippen LogP contribution in [0.3, 0.4) is 0 Å². The molecule has 0 unspecified atom stereocenters. The van der Waals surface area contributed by atoms with Crippen LogP contribution in [0.5, 0.6) is 17.2 Å². The number of nitrogens with zero attached hydrogens (tertiary/aromatic N) is 1. The van der Waals surface area contributed by atoms with E-state index in [0.29, 0.717) is 22.6 Å². The molecule has 5 heteroatoms. The minimum absolute atomic E-state index is 0.0375. The van der Waals surface area contributed by atoms with Gasteiger partial charge in [0, 0.05) is 17.0 Å². The fraction of sp³-hybridized carbons (Fsp3) is 0.167. The van der Waals surface area contributed by atoms with Gasteiger partial charge in [-0.2, -0.15) is 0 Å². The lowest BCUT2D eigenvalue weighted by Crippen LogP contribution is -2.27. The van der Waals surface area contributed by atoms with E-state index in [1.807, 2.05) is 43.3 Å². The molecular formula is C18H13NO4. The van der Waals surface area contributed by atoms with Gasteiger partial charge in [0.05, 0.1) is 5.69 Å². The van der Waals surface area contributed by atoms with Crippen molar-refractivity contribution in [3.63, 3.8) is 0 Å². The lowest BCUT2D eigenvalue weighted by Gasteiger charge is -2.23. The van der Waals surface area contributed by atoms with E-state index >= 15 is 0 Å². The van der Waals surface area contributed by atoms with E-state index in [0.717, 1.165) is 22.2 Å². The second-order valence-corrected chi connectivity index (χ2v) is 5.83. The third-order valence-electron chi connectivity index (χ3n) is 4.37. The van der Waals surface area contributed by atoms with Crippen molar-refractivity contribution in [2.45, 2.75) is 13.7 Å². The Bertz CT molecular complexity index is 1040. The zero-order valence-electron chi connectivity index (χ0n) is 12.5. The Labute approximate surface area is 131 Å². The lowest BCUT2D eigenvalue weighted by atomic mass is 10.0. The molecule has 2 aliphatic rings. The zero-order chi connectivity index (χ0) is 15.6. The summed E-state index contributed by atoms with van der Waals surface area (Å²) >= 11 is 0. The summed E-state index contributed by atoms with van der Waals surface area (Å²) in [6.07, 6.45) is 0. The second-order valence-electron chi connectivity index (χ2n) is 5.83. The maximum Gasteiger partial charge on any atom is 0.261 e. The van der Waals surface area contributed by atoms with Crippen LogP contribution in [0.15, 0.2) is 41.2 Å². The SMILES string of the molecule is Cc1ccc2cc3n(c(=O)c2c1)COc1cc2c(cc1-3)OCO2. The van der Waals surface area contributed by atoms with Gasteiger partial charge in [-0.25, -0.2) is 0 Å². The number of aryl methyl sites for hydroxylation is 1.